The van der Waals surface area contributed by atoms with Gasteiger partial charge >= 0.3 is 5.97 Å². The Morgan fingerprint density at radius 1 is 1.09 bits per heavy atom. The highest BCUT2D eigenvalue weighted by Gasteiger charge is 2.24. The lowest BCUT2D eigenvalue weighted by Crippen LogP contribution is -2.11. The van der Waals surface area contributed by atoms with Gasteiger partial charge in [-0.15, -0.1) is 15.3 Å². The van der Waals surface area contributed by atoms with Crippen LogP contribution in [0.3, 0.4) is 0 Å². The van der Waals surface area contributed by atoms with Crippen molar-refractivity contribution in [3.05, 3.63) is 52.6 Å². The summed E-state index contributed by atoms with van der Waals surface area (Å²) in [4.78, 5) is 32.9. The Balaban J connectivity index is 1.52. The molecular weight excluding hydrogens is 600 g/mol. The molecule has 0 amide bonds. The third kappa shape index (κ3) is 5.61. The Hall–Kier alpha value is -6.11. The molecule has 19 heteroatoms. The molecule has 19 nitrogen and oxygen atoms in total. The summed E-state index contributed by atoms with van der Waals surface area (Å²) in [5, 5.41) is 52.8. The van der Waals surface area contributed by atoms with Gasteiger partial charge in [0.25, 0.3) is 5.95 Å². The van der Waals surface area contributed by atoms with E-state index < -0.39 is 24.2 Å². The number of carbonyl (C=O) groups excluding carboxylic acids is 2. The number of nitrogens with zero attached hydrogens (tertiary/aromatic N) is 12. The Bertz CT molecular complexity index is 1980. The highest BCUT2D eigenvalue weighted by Crippen LogP contribution is 2.35. The third-order valence-electron chi connectivity index (χ3n) is 6.94. The number of allylic oxidation sites excluding steroid dienone is 2. The predicted octanol–water partition coefficient (Wildman–Crippen LogP) is 2.83. The summed E-state index contributed by atoms with van der Waals surface area (Å²) >= 11 is 0. The molecule has 0 saturated heterocycles. The lowest BCUT2D eigenvalue weighted by molar-refractivity contribution is -0.117. The molecule has 0 saturated carbocycles. The number of esters is 1. The van der Waals surface area contributed by atoms with Gasteiger partial charge in [0.1, 0.15) is 12.2 Å². The number of rotatable bonds is 10. The molecule has 238 valence electrons. The molecule has 1 atom stereocenters. The van der Waals surface area contributed by atoms with Crippen molar-refractivity contribution in [1.82, 2.24) is 39.3 Å². The van der Waals surface area contributed by atoms with Gasteiger partial charge in [-0.25, -0.2) is 9.48 Å². The molecule has 0 aromatic carbocycles. The van der Waals surface area contributed by atoms with Crippen molar-refractivity contribution in [2.24, 2.45) is 33.4 Å². The van der Waals surface area contributed by atoms with Gasteiger partial charge in [0.2, 0.25) is 5.88 Å². The average Bonchev–Trinajstić information content (AvgIpc) is 3.77. The van der Waals surface area contributed by atoms with E-state index in [-0.39, 0.29) is 46.1 Å². The second-order valence-corrected chi connectivity index (χ2v) is 9.98. The van der Waals surface area contributed by atoms with Crippen molar-refractivity contribution >= 4 is 40.6 Å². The van der Waals surface area contributed by atoms with Crippen LogP contribution in [-0.2, 0) is 16.6 Å². The topological polar surface area (TPSA) is 251 Å². The monoisotopic (exact) mass is 630 g/mol. The summed E-state index contributed by atoms with van der Waals surface area (Å²) in [5.74, 6) is -1.13. The van der Waals surface area contributed by atoms with E-state index in [0.29, 0.717) is 28.6 Å². The van der Waals surface area contributed by atoms with Crippen molar-refractivity contribution in [3.8, 4) is 17.6 Å². The molecule has 46 heavy (non-hydrogen) atoms. The van der Waals surface area contributed by atoms with Crippen LogP contribution in [0.5, 0.6) is 5.88 Å². The summed E-state index contributed by atoms with van der Waals surface area (Å²) in [6.07, 6.45) is 4.71. The molecule has 1 aliphatic carbocycles. The summed E-state index contributed by atoms with van der Waals surface area (Å²) in [6.45, 7) is 4.53. The van der Waals surface area contributed by atoms with E-state index in [4.69, 9.17) is 10.5 Å². The average molecular weight is 631 g/mol. The van der Waals surface area contributed by atoms with Gasteiger partial charge in [-0.1, -0.05) is 19.1 Å². The van der Waals surface area contributed by atoms with Crippen LogP contribution in [0.2, 0.25) is 0 Å². The van der Waals surface area contributed by atoms with Gasteiger partial charge < -0.3 is 26.0 Å². The fraction of sp³-hybridized carbons (Fsp3) is 0.296. The number of Topliss-reactive ketones (excluding diaryl/α,β-unsaturated/α-hetero) is 1. The van der Waals surface area contributed by atoms with Crippen molar-refractivity contribution in [1.29, 1.82) is 0 Å². The van der Waals surface area contributed by atoms with Crippen molar-refractivity contribution < 1.29 is 24.5 Å². The van der Waals surface area contributed by atoms with Crippen LogP contribution in [0.25, 0.3) is 11.8 Å². The first-order chi connectivity index (χ1) is 22.0. The van der Waals surface area contributed by atoms with E-state index >= 15 is 0 Å². The molecule has 0 fully saturated rings. The number of azo groups is 2. The first kappa shape index (κ1) is 31.3. The van der Waals surface area contributed by atoms with E-state index in [1.807, 2.05) is 6.92 Å². The molecular formula is C27H30N14O5. The van der Waals surface area contributed by atoms with Crippen LogP contribution in [0, 0.1) is 19.8 Å². The maximum Gasteiger partial charge on any atom is 0.343 e. The van der Waals surface area contributed by atoms with Crippen LogP contribution in [0.1, 0.15) is 28.7 Å². The van der Waals surface area contributed by atoms with E-state index in [2.05, 4.69) is 51.0 Å². The summed E-state index contributed by atoms with van der Waals surface area (Å²) < 4.78 is 8.73. The number of ether oxygens (including phenoxy) is 1. The standard InChI is InChI=1S/C27H30N14O5/c1-12-7-8-15(17(43)11-42)20(12)33-34-21-13(2)37-40(23(21)28)18-9-19(44)32-27(31-18)41-25(29-4)22(14(3)38-41)35-36-24-16(26(45)46-6)10-30-39(24)5/h7-10,12,29,42H,11,28H2,1-6H3,(H,31,32,44). The second-order valence-electron chi connectivity index (χ2n) is 9.98. The maximum atomic E-state index is 12.1. The van der Waals surface area contributed by atoms with Gasteiger partial charge in [-0.3, -0.25) is 4.79 Å². The number of hydrogen-bond donors (Lipinski definition) is 4. The zero-order valence-corrected chi connectivity index (χ0v) is 25.7. The molecule has 0 radical (unpaired) electrons. The third-order valence-corrected chi connectivity index (χ3v) is 6.94. The lowest BCUT2D eigenvalue weighted by Gasteiger charge is -2.09. The summed E-state index contributed by atoms with van der Waals surface area (Å²) in [5.41, 5.74) is 8.52. The number of nitrogens with two attached hydrogens (primary N) is 1. The number of carbonyl (C=O) groups is 2. The van der Waals surface area contributed by atoms with Gasteiger partial charge in [0.15, 0.2) is 40.4 Å². The van der Waals surface area contributed by atoms with Crippen molar-refractivity contribution in [3.63, 3.8) is 0 Å². The van der Waals surface area contributed by atoms with Crippen LogP contribution in [-0.4, -0.2) is 82.0 Å². The van der Waals surface area contributed by atoms with Crippen molar-refractivity contribution in [2.45, 2.75) is 20.8 Å². The molecule has 4 aromatic rings. The van der Waals surface area contributed by atoms with E-state index in [1.54, 1.807) is 40.1 Å². The first-order valence-corrected chi connectivity index (χ1v) is 13.7. The minimum Gasteiger partial charge on any atom is -0.493 e. The van der Waals surface area contributed by atoms with Gasteiger partial charge in [-0.05, 0) is 13.8 Å². The normalized spacial score (nSPS) is 14.7. The minimum absolute atomic E-state index is 0.0529. The number of nitrogen functional groups attached to an aromatic ring is 1. The number of nitrogens with one attached hydrogen (secondary N) is 1. The highest BCUT2D eigenvalue weighted by molar-refractivity contribution is 6.00. The first-order valence-electron chi connectivity index (χ1n) is 13.7. The Labute approximate surface area is 260 Å². The minimum atomic E-state index is -0.653. The Kier molecular flexibility index (Phi) is 8.50. The molecule has 4 aromatic heterocycles. The van der Waals surface area contributed by atoms with E-state index in [9.17, 15) is 19.8 Å². The molecule has 5 N–H and O–H groups in total. The number of aliphatic hydroxyl groups excluding tert-OH is 1. The SMILES string of the molecule is CNc1c(N=Nc2c(C(=O)OC)cnn2C)c(C)nn1-c1nc(O)cc(-n2nc(C)c(N=NC3=C(C(=O)CO)C=CC3C)c2N)n1. The molecule has 1 aliphatic rings. The number of aromatic nitrogens is 8. The number of aromatic hydroxyl groups is 1. The molecule has 4 heterocycles. The Morgan fingerprint density at radius 3 is 2.48 bits per heavy atom. The van der Waals surface area contributed by atoms with Crippen LogP contribution >= 0.6 is 0 Å². The van der Waals surface area contributed by atoms with Crippen molar-refractivity contribution in [2.75, 3.05) is 31.8 Å². The van der Waals surface area contributed by atoms with Crippen LogP contribution < -0.4 is 11.1 Å². The predicted molar refractivity (Wildman–Crippen MR) is 162 cm³/mol. The number of aliphatic hydroxyl groups is 1. The quantitative estimate of drug-likeness (QED) is 0.146. The Morgan fingerprint density at radius 2 is 1.78 bits per heavy atom. The smallest absolute Gasteiger partial charge is 0.343 e. The molecule has 0 bridgehead atoms. The number of hydrogen-bond acceptors (Lipinski definition) is 16. The number of anilines is 2. The number of methoxy groups -OCH3 is 1. The van der Waals surface area contributed by atoms with E-state index in [1.165, 1.54) is 33.4 Å². The zero-order chi connectivity index (χ0) is 33.3. The van der Waals surface area contributed by atoms with Crippen LogP contribution in [0.4, 0.5) is 28.8 Å². The molecule has 5 rings (SSSR count). The van der Waals surface area contributed by atoms with Gasteiger partial charge in [-0.2, -0.15) is 39.7 Å². The fourth-order valence-corrected chi connectivity index (χ4v) is 4.59. The molecule has 1 unspecified atom stereocenters. The largest absolute Gasteiger partial charge is 0.493 e. The molecule has 0 spiro atoms. The van der Waals surface area contributed by atoms with Gasteiger partial charge in [0.05, 0.1) is 30.4 Å². The number of aryl methyl sites for hydroxylation is 3. The summed E-state index contributed by atoms with van der Waals surface area (Å²) in [6, 6.07) is 1.25. The van der Waals surface area contributed by atoms with Crippen LogP contribution in [0.15, 0.2) is 56.1 Å². The fourth-order valence-electron chi connectivity index (χ4n) is 4.59. The maximum absolute atomic E-state index is 12.1. The van der Waals surface area contributed by atoms with Gasteiger partial charge in [0, 0.05) is 31.7 Å². The number of ketones is 1. The second kappa shape index (κ2) is 12.5. The molecule has 0 aliphatic heterocycles. The van der Waals surface area contributed by atoms with E-state index in [0.717, 1.165) is 0 Å². The lowest BCUT2D eigenvalue weighted by atomic mass is 10.1. The highest BCUT2D eigenvalue weighted by atomic mass is 16.5. The summed E-state index contributed by atoms with van der Waals surface area (Å²) in [7, 11) is 4.48. The zero-order valence-electron chi connectivity index (χ0n) is 25.7.